The van der Waals surface area contributed by atoms with Gasteiger partial charge in [-0.1, -0.05) is 0 Å². The molecule has 124 valence electrons. The third-order valence-corrected chi connectivity index (χ3v) is 4.03. The molecule has 0 aliphatic rings. The van der Waals surface area contributed by atoms with E-state index in [2.05, 4.69) is 4.98 Å². The molecule has 0 fully saturated rings. The fraction of sp³-hybridized carbons (Fsp3) is 0.375. The zero-order chi connectivity index (χ0) is 16.8. The lowest BCUT2D eigenvalue weighted by Crippen LogP contribution is -2.19. The second-order valence-electron chi connectivity index (χ2n) is 5.23. The molecule has 0 radical (unpaired) electrons. The average Bonchev–Trinajstić information content (AvgIpc) is 2.94. The second kappa shape index (κ2) is 7.94. The van der Waals surface area contributed by atoms with E-state index < -0.39 is 5.97 Å². The van der Waals surface area contributed by atoms with Crippen LogP contribution in [0.2, 0.25) is 0 Å². The first-order valence-corrected chi connectivity index (χ1v) is 7.99. The van der Waals surface area contributed by atoms with Crippen LogP contribution in [0.3, 0.4) is 0 Å². The number of benzene rings is 1. The average molecular weight is 336 g/mol. The van der Waals surface area contributed by atoms with Crippen LogP contribution in [0.1, 0.15) is 5.69 Å². The van der Waals surface area contributed by atoms with E-state index in [4.69, 9.17) is 14.6 Å². The van der Waals surface area contributed by atoms with Crippen molar-refractivity contribution < 1.29 is 19.4 Å². The van der Waals surface area contributed by atoms with Gasteiger partial charge in [-0.25, -0.2) is 4.98 Å². The number of rotatable bonds is 8. The van der Waals surface area contributed by atoms with Gasteiger partial charge >= 0.3 is 5.97 Å². The predicted octanol–water partition coefficient (Wildman–Crippen LogP) is 2.39. The normalized spacial score (nSPS) is 10.8. The number of thiazole rings is 1. The first kappa shape index (κ1) is 17.2. The van der Waals surface area contributed by atoms with Gasteiger partial charge in [-0.15, -0.1) is 11.3 Å². The molecule has 23 heavy (non-hydrogen) atoms. The van der Waals surface area contributed by atoms with Crippen LogP contribution in [0.5, 0.6) is 11.5 Å². The standard InChI is InChI=1S/C16H20N2O4S/c1-18(2)6-7-22-14-8-11(4-5-13(14)21-3)16-17-12(10-23-16)9-15(19)20/h4-5,8,10H,6-7,9H2,1-3H3,(H,19,20). The molecule has 2 rings (SSSR count). The van der Waals surface area contributed by atoms with E-state index in [1.165, 1.54) is 11.3 Å². The minimum Gasteiger partial charge on any atom is -0.493 e. The Morgan fingerprint density at radius 2 is 2.13 bits per heavy atom. The summed E-state index contributed by atoms with van der Waals surface area (Å²) in [4.78, 5) is 17.1. The molecule has 0 aliphatic carbocycles. The maximum atomic E-state index is 10.7. The molecule has 0 saturated carbocycles. The van der Waals surface area contributed by atoms with E-state index in [1.54, 1.807) is 12.5 Å². The van der Waals surface area contributed by atoms with Gasteiger partial charge in [0, 0.05) is 17.5 Å². The Morgan fingerprint density at radius 1 is 1.35 bits per heavy atom. The van der Waals surface area contributed by atoms with Gasteiger partial charge in [-0.3, -0.25) is 4.79 Å². The second-order valence-corrected chi connectivity index (χ2v) is 6.09. The maximum absolute atomic E-state index is 10.7. The molecule has 0 aliphatic heterocycles. The molecule has 7 heteroatoms. The number of aliphatic carboxylic acids is 1. The summed E-state index contributed by atoms with van der Waals surface area (Å²) in [6.45, 7) is 1.35. The van der Waals surface area contributed by atoms with Crippen molar-refractivity contribution in [3.63, 3.8) is 0 Å². The van der Waals surface area contributed by atoms with Crippen molar-refractivity contribution in [2.45, 2.75) is 6.42 Å². The number of carboxylic acids is 1. The van der Waals surface area contributed by atoms with Crippen molar-refractivity contribution in [1.82, 2.24) is 9.88 Å². The SMILES string of the molecule is COc1ccc(-c2nc(CC(=O)O)cs2)cc1OCCN(C)C. The van der Waals surface area contributed by atoms with Gasteiger partial charge in [-0.05, 0) is 32.3 Å². The summed E-state index contributed by atoms with van der Waals surface area (Å²) in [5.41, 5.74) is 1.44. The highest BCUT2D eigenvalue weighted by Gasteiger charge is 2.11. The van der Waals surface area contributed by atoms with E-state index >= 15 is 0 Å². The molecular weight excluding hydrogens is 316 g/mol. The Hall–Kier alpha value is -2.12. The molecule has 0 atom stereocenters. The minimum atomic E-state index is -0.885. The molecular formula is C16H20N2O4S. The Labute approximate surface area is 139 Å². The van der Waals surface area contributed by atoms with Crippen molar-refractivity contribution in [2.75, 3.05) is 34.4 Å². The van der Waals surface area contributed by atoms with Crippen molar-refractivity contribution in [3.8, 4) is 22.1 Å². The lowest BCUT2D eigenvalue weighted by Gasteiger charge is -2.14. The monoisotopic (exact) mass is 336 g/mol. The van der Waals surface area contributed by atoms with Crippen LogP contribution in [0.25, 0.3) is 10.6 Å². The molecule has 6 nitrogen and oxygen atoms in total. The Morgan fingerprint density at radius 3 is 2.78 bits per heavy atom. The van der Waals surface area contributed by atoms with Gasteiger partial charge in [0.2, 0.25) is 0 Å². The maximum Gasteiger partial charge on any atom is 0.309 e. The van der Waals surface area contributed by atoms with Crippen LogP contribution in [0.15, 0.2) is 23.6 Å². The number of methoxy groups -OCH3 is 1. The fourth-order valence-electron chi connectivity index (χ4n) is 1.94. The molecule has 2 aromatic rings. The number of aromatic nitrogens is 1. The van der Waals surface area contributed by atoms with Gasteiger partial charge in [0.1, 0.15) is 11.6 Å². The molecule has 1 aromatic heterocycles. The highest BCUT2D eigenvalue weighted by atomic mass is 32.1. The molecule has 0 unspecified atom stereocenters. The molecule has 0 bridgehead atoms. The van der Waals surface area contributed by atoms with E-state index in [1.807, 2.05) is 37.2 Å². The highest BCUT2D eigenvalue weighted by Crippen LogP contribution is 2.33. The predicted molar refractivity (Wildman–Crippen MR) is 89.5 cm³/mol. The lowest BCUT2D eigenvalue weighted by molar-refractivity contribution is -0.136. The zero-order valence-corrected chi connectivity index (χ0v) is 14.2. The summed E-state index contributed by atoms with van der Waals surface area (Å²) in [5.74, 6) is 0.431. The van der Waals surface area contributed by atoms with Crippen LogP contribution < -0.4 is 9.47 Å². The quantitative estimate of drug-likeness (QED) is 0.798. The summed E-state index contributed by atoms with van der Waals surface area (Å²) < 4.78 is 11.1. The van der Waals surface area contributed by atoms with Gasteiger partial charge in [-0.2, -0.15) is 0 Å². The van der Waals surface area contributed by atoms with Crippen LogP contribution >= 0.6 is 11.3 Å². The summed E-state index contributed by atoms with van der Waals surface area (Å²) in [6, 6.07) is 5.59. The van der Waals surface area contributed by atoms with Crippen LogP contribution in [0, 0.1) is 0 Å². The van der Waals surface area contributed by atoms with Crippen molar-refractivity contribution >= 4 is 17.3 Å². The minimum absolute atomic E-state index is 0.0706. The Kier molecular flexibility index (Phi) is 5.95. The fourth-order valence-corrected chi connectivity index (χ4v) is 2.75. The van der Waals surface area contributed by atoms with E-state index in [9.17, 15) is 4.79 Å². The summed E-state index contributed by atoms with van der Waals surface area (Å²) in [7, 11) is 5.56. The highest BCUT2D eigenvalue weighted by molar-refractivity contribution is 7.13. The number of carboxylic acid groups (broad SMARTS) is 1. The van der Waals surface area contributed by atoms with Crippen LogP contribution in [-0.2, 0) is 11.2 Å². The number of ether oxygens (including phenoxy) is 2. The number of hydrogen-bond acceptors (Lipinski definition) is 6. The summed E-state index contributed by atoms with van der Waals surface area (Å²) in [6.07, 6.45) is -0.0706. The lowest BCUT2D eigenvalue weighted by atomic mass is 10.2. The molecule has 0 saturated heterocycles. The first-order valence-electron chi connectivity index (χ1n) is 7.11. The van der Waals surface area contributed by atoms with E-state index in [0.717, 1.165) is 17.1 Å². The molecule has 1 heterocycles. The molecule has 1 N–H and O–H groups in total. The molecule has 1 aromatic carbocycles. The smallest absolute Gasteiger partial charge is 0.309 e. The van der Waals surface area contributed by atoms with Gasteiger partial charge < -0.3 is 19.5 Å². The van der Waals surface area contributed by atoms with Gasteiger partial charge in [0.05, 0.1) is 19.2 Å². The number of hydrogen-bond donors (Lipinski definition) is 1. The first-order chi connectivity index (χ1) is 11.0. The number of nitrogens with zero attached hydrogens (tertiary/aromatic N) is 2. The van der Waals surface area contributed by atoms with Crippen molar-refractivity contribution in [1.29, 1.82) is 0 Å². The largest absolute Gasteiger partial charge is 0.493 e. The van der Waals surface area contributed by atoms with Crippen molar-refractivity contribution in [3.05, 3.63) is 29.3 Å². The van der Waals surface area contributed by atoms with Gasteiger partial charge in [0.15, 0.2) is 11.5 Å². The summed E-state index contributed by atoms with van der Waals surface area (Å²) >= 11 is 1.42. The van der Waals surface area contributed by atoms with Crippen LogP contribution in [-0.4, -0.2) is 55.3 Å². The third kappa shape index (κ3) is 4.94. The van der Waals surface area contributed by atoms with E-state index in [0.29, 0.717) is 23.8 Å². The molecule has 0 spiro atoms. The van der Waals surface area contributed by atoms with E-state index in [-0.39, 0.29) is 6.42 Å². The Bertz CT molecular complexity index is 670. The third-order valence-electron chi connectivity index (χ3n) is 3.09. The number of likely N-dealkylation sites (N-methyl/N-ethyl adjacent to an activating group) is 1. The van der Waals surface area contributed by atoms with Crippen LogP contribution in [0.4, 0.5) is 0 Å². The topological polar surface area (TPSA) is 71.9 Å². The van der Waals surface area contributed by atoms with Gasteiger partial charge in [0.25, 0.3) is 0 Å². The Balaban J connectivity index is 2.19. The van der Waals surface area contributed by atoms with Crippen molar-refractivity contribution in [2.24, 2.45) is 0 Å². The number of carbonyl (C=O) groups is 1. The summed E-state index contributed by atoms with van der Waals surface area (Å²) in [5, 5.41) is 11.4. The zero-order valence-electron chi connectivity index (χ0n) is 13.4. The molecule has 0 amide bonds.